The molecule has 2 aliphatic rings. The molecule has 4 amide bonds. The summed E-state index contributed by atoms with van der Waals surface area (Å²) < 4.78 is 0. The molecule has 0 spiro atoms. The molecule has 1 aromatic heterocycles. The molecule has 0 unspecified atom stereocenters. The van der Waals surface area contributed by atoms with E-state index in [9.17, 15) is 29.3 Å². The van der Waals surface area contributed by atoms with Crippen LogP contribution in [0.3, 0.4) is 0 Å². The quantitative estimate of drug-likeness (QED) is 0.305. The molecule has 1 aliphatic carbocycles. The molecule has 0 fully saturated rings. The number of carbonyl (C=O) groups is 4. The number of hydrogen-bond acceptors (Lipinski definition) is 7. The van der Waals surface area contributed by atoms with Crippen molar-refractivity contribution >= 4 is 45.7 Å². The van der Waals surface area contributed by atoms with Gasteiger partial charge < -0.3 is 11.1 Å². The second kappa shape index (κ2) is 8.15. The Morgan fingerprint density at radius 2 is 1.91 bits per heavy atom. The van der Waals surface area contributed by atoms with Crippen molar-refractivity contribution < 1.29 is 24.1 Å². The Balaban J connectivity index is 1.63. The summed E-state index contributed by atoms with van der Waals surface area (Å²) in [6, 6.07) is 2.50. The van der Waals surface area contributed by atoms with Gasteiger partial charge in [-0.1, -0.05) is 12.5 Å². The normalized spacial score (nSPS) is 16.2. The van der Waals surface area contributed by atoms with E-state index in [2.05, 4.69) is 5.32 Å². The van der Waals surface area contributed by atoms with Crippen LogP contribution < -0.4 is 11.1 Å². The number of nitrogens with one attached hydrogen (secondary N) is 1. The van der Waals surface area contributed by atoms with Crippen LogP contribution >= 0.6 is 11.3 Å². The number of benzene rings is 1. The lowest BCUT2D eigenvalue weighted by Crippen LogP contribution is -2.45. The summed E-state index contributed by atoms with van der Waals surface area (Å²) in [6.07, 6.45) is 4.42. The summed E-state index contributed by atoms with van der Waals surface area (Å²) in [5, 5.41) is 14.2. The molecular weight excluding hydrogens is 436 g/mol. The average Bonchev–Trinajstić information content (AvgIpc) is 3.10. The zero-order valence-corrected chi connectivity index (χ0v) is 18.0. The third-order valence-corrected chi connectivity index (χ3v) is 7.00. The Hall–Kier alpha value is -3.60. The Morgan fingerprint density at radius 1 is 1.19 bits per heavy atom. The number of fused-ring (bicyclic) bond motifs is 2. The van der Waals surface area contributed by atoms with Crippen molar-refractivity contribution in [1.82, 2.24) is 4.90 Å². The van der Waals surface area contributed by atoms with Gasteiger partial charge >= 0.3 is 0 Å². The number of thiophene rings is 1. The molecule has 32 heavy (non-hydrogen) atoms. The molecule has 11 heteroatoms. The van der Waals surface area contributed by atoms with Crippen LogP contribution in [0.1, 0.15) is 67.7 Å². The van der Waals surface area contributed by atoms with Crippen LogP contribution in [-0.4, -0.2) is 39.5 Å². The predicted octanol–water partition coefficient (Wildman–Crippen LogP) is 2.65. The van der Waals surface area contributed by atoms with E-state index in [0.717, 1.165) is 42.2 Å². The highest BCUT2D eigenvalue weighted by Gasteiger charge is 2.45. The molecule has 1 atom stereocenters. The summed E-state index contributed by atoms with van der Waals surface area (Å²) in [6.45, 7) is 1.35. The van der Waals surface area contributed by atoms with Gasteiger partial charge in [-0.05, 0) is 44.2 Å². The molecule has 0 radical (unpaired) electrons. The molecule has 0 saturated carbocycles. The summed E-state index contributed by atoms with van der Waals surface area (Å²) in [5.41, 5.74) is 5.76. The van der Waals surface area contributed by atoms with Crippen molar-refractivity contribution in [3.63, 3.8) is 0 Å². The van der Waals surface area contributed by atoms with Gasteiger partial charge in [0.1, 0.15) is 16.6 Å². The molecule has 166 valence electrons. The van der Waals surface area contributed by atoms with Gasteiger partial charge in [0.15, 0.2) is 0 Å². The van der Waals surface area contributed by atoms with Gasteiger partial charge in [-0.3, -0.25) is 34.2 Å². The molecule has 4 rings (SSSR count). The third-order valence-electron chi connectivity index (χ3n) is 5.79. The number of nitro groups is 1. The molecule has 1 aliphatic heterocycles. The first-order chi connectivity index (χ1) is 15.2. The number of carbonyl (C=O) groups excluding carboxylic acids is 4. The highest BCUT2D eigenvalue weighted by Crippen LogP contribution is 2.38. The van der Waals surface area contributed by atoms with Gasteiger partial charge in [0.25, 0.3) is 23.4 Å². The number of nitro benzene ring substituents is 1. The number of imide groups is 1. The van der Waals surface area contributed by atoms with Gasteiger partial charge in [0, 0.05) is 10.9 Å². The van der Waals surface area contributed by atoms with Gasteiger partial charge in [-0.15, -0.1) is 11.3 Å². The highest BCUT2D eigenvalue weighted by atomic mass is 32.1. The van der Waals surface area contributed by atoms with Gasteiger partial charge in [0.2, 0.25) is 5.91 Å². The minimum atomic E-state index is -1.26. The fourth-order valence-corrected chi connectivity index (χ4v) is 5.51. The summed E-state index contributed by atoms with van der Waals surface area (Å²) >= 11 is 1.28. The van der Waals surface area contributed by atoms with Gasteiger partial charge in [0.05, 0.1) is 16.1 Å². The van der Waals surface area contributed by atoms with Crippen LogP contribution in [0.2, 0.25) is 0 Å². The number of anilines is 1. The van der Waals surface area contributed by atoms with E-state index in [1.165, 1.54) is 30.4 Å². The molecule has 1 aromatic carbocycles. The van der Waals surface area contributed by atoms with Crippen LogP contribution in [0.4, 0.5) is 10.7 Å². The lowest BCUT2D eigenvalue weighted by Gasteiger charge is -2.21. The van der Waals surface area contributed by atoms with E-state index in [4.69, 9.17) is 5.73 Å². The average molecular weight is 456 g/mol. The number of rotatable bonds is 5. The van der Waals surface area contributed by atoms with Crippen molar-refractivity contribution in [2.45, 2.75) is 45.1 Å². The van der Waals surface area contributed by atoms with E-state index < -0.39 is 40.3 Å². The number of nitrogens with zero attached hydrogens (tertiary/aromatic N) is 2. The first-order valence-electron chi connectivity index (χ1n) is 10.1. The van der Waals surface area contributed by atoms with Crippen LogP contribution in [0, 0.1) is 10.1 Å². The van der Waals surface area contributed by atoms with Crippen LogP contribution in [0.5, 0.6) is 0 Å². The first-order valence-corrected chi connectivity index (χ1v) is 10.9. The predicted molar refractivity (Wildman–Crippen MR) is 116 cm³/mol. The van der Waals surface area contributed by atoms with Crippen LogP contribution in [-0.2, 0) is 17.6 Å². The fraction of sp³-hybridized carbons (Fsp3) is 0.333. The maximum Gasteiger partial charge on any atom is 0.282 e. The van der Waals surface area contributed by atoms with Crippen molar-refractivity contribution in [3.8, 4) is 0 Å². The first kappa shape index (κ1) is 21.6. The largest absolute Gasteiger partial charge is 0.365 e. The molecule has 2 heterocycles. The zero-order chi connectivity index (χ0) is 23.2. The van der Waals surface area contributed by atoms with E-state index in [1.807, 2.05) is 0 Å². The highest BCUT2D eigenvalue weighted by molar-refractivity contribution is 7.17. The Kier molecular flexibility index (Phi) is 5.51. The maximum absolute atomic E-state index is 13.0. The molecule has 2 aromatic rings. The number of hydrogen-bond donors (Lipinski definition) is 2. The Labute approximate surface area is 186 Å². The number of nitrogens with two attached hydrogens (primary N) is 1. The number of primary amides is 1. The van der Waals surface area contributed by atoms with Crippen LogP contribution in [0.25, 0.3) is 0 Å². The minimum Gasteiger partial charge on any atom is -0.365 e. The van der Waals surface area contributed by atoms with E-state index in [0.29, 0.717) is 16.3 Å². The molecule has 0 bridgehead atoms. The second-order valence-electron chi connectivity index (χ2n) is 7.74. The Bertz CT molecular complexity index is 1190. The monoisotopic (exact) mass is 456 g/mol. The number of amides is 4. The summed E-state index contributed by atoms with van der Waals surface area (Å²) in [5.74, 6) is -3.03. The van der Waals surface area contributed by atoms with Crippen molar-refractivity contribution in [3.05, 3.63) is 55.4 Å². The fourth-order valence-electron chi connectivity index (χ4n) is 4.21. The van der Waals surface area contributed by atoms with E-state index in [1.54, 1.807) is 0 Å². The van der Waals surface area contributed by atoms with Crippen molar-refractivity contribution in [1.29, 1.82) is 0 Å². The zero-order valence-electron chi connectivity index (χ0n) is 17.2. The maximum atomic E-state index is 13.0. The SMILES string of the molecule is C[C@@H](C(=O)Nc1sc2c(c1C(N)=O)CCCCC2)N1C(=O)c2cccc([N+](=O)[O-])c2C1=O. The van der Waals surface area contributed by atoms with E-state index >= 15 is 0 Å². The summed E-state index contributed by atoms with van der Waals surface area (Å²) in [4.78, 5) is 63.0. The van der Waals surface area contributed by atoms with Crippen molar-refractivity contribution in [2.24, 2.45) is 5.73 Å². The minimum absolute atomic E-state index is 0.121. The standard InChI is InChI=1S/C21H20N4O6S/c1-10(24-20(28)12-7-5-8-13(25(30)31)15(12)21(24)29)18(27)23-19-16(17(22)26)11-6-3-2-4-9-14(11)32-19/h5,7-8,10H,2-4,6,9H2,1H3,(H2,22,26)(H,23,27)/t10-/m0/s1. The lowest BCUT2D eigenvalue weighted by atomic mass is 10.1. The Morgan fingerprint density at radius 3 is 2.59 bits per heavy atom. The summed E-state index contributed by atoms with van der Waals surface area (Å²) in [7, 11) is 0. The molecule has 10 nitrogen and oxygen atoms in total. The topological polar surface area (TPSA) is 153 Å². The van der Waals surface area contributed by atoms with Crippen LogP contribution in [0.15, 0.2) is 18.2 Å². The van der Waals surface area contributed by atoms with E-state index in [-0.39, 0.29) is 16.7 Å². The number of aryl methyl sites for hydroxylation is 1. The van der Waals surface area contributed by atoms with Crippen molar-refractivity contribution in [2.75, 3.05) is 5.32 Å². The second-order valence-corrected chi connectivity index (χ2v) is 8.84. The third kappa shape index (κ3) is 3.44. The molecule has 3 N–H and O–H groups in total. The molecular formula is C21H20N4O6S. The van der Waals surface area contributed by atoms with Gasteiger partial charge in [-0.25, -0.2) is 0 Å². The van der Waals surface area contributed by atoms with Gasteiger partial charge in [-0.2, -0.15) is 0 Å². The molecule has 0 saturated heterocycles. The lowest BCUT2D eigenvalue weighted by molar-refractivity contribution is -0.385. The smallest absolute Gasteiger partial charge is 0.282 e.